The molecule has 1 rings (SSSR count). The molecule has 0 amide bonds. The van der Waals surface area contributed by atoms with Crippen molar-refractivity contribution in [3.63, 3.8) is 0 Å². The Morgan fingerprint density at radius 3 is 2.50 bits per heavy atom. The first-order valence-corrected chi connectivity index (χ1v) is 7.91. The maximum absolute atomic E-state index is 12.9. The minimum atomic E-state index is -0.950. The van der Waals surface area contributed by atoms with Crippen LogP contribution in [0.1, 0.15) is 47.5 Å². The van der Waals surface area contributed by atoms with Crippen molar-refractivity contribution in [3.8, 4) is 0 Å². The van der Waals surface area contributed by atoms with Gasteiger partial charge >= 0.3 is 5.97 Å². The van der Waals surface area contributed by atoms with Crippen LogP contribution in [0.3, 0.4) is 0 Å². The molecule has 5 nitrogen and oxygen atoms in total. The van der Waals surface area contributed by atoms with Gasteiger partial charge in [0, 0.05) is 6.42 Å². The highest BCUT2D eigenvalue weighted by molar-refractivity contribution is 5.75. The highest BCUT2D eigenvalue weighted by Crippen LogP contribution is 2.34. The molecule has 3 N–H and O–H groups in total. The van der Waals surface area contributed by atoms with E-state index in [1.54, 1.807) is 0 Å². The van der Waals surface area contributed by atoms with Crippen molar-refractivity contribution in [2.24, 2.45) is 17.1 Å². The first kappa shape index (κ1) is 19.3. The van der Waals surface area contributed by atoms with Crippen molar-refractivity contribution < 1.29 is 23.8 Å². The number of esters is 1. The standard InChI is InChI=1S/C16H30FNO4/c1-9(2)6-11(18)15(20)22-13-12(19)7-10(8-17)21-14(13)16(3,4)5/h9-14,19H,6-8,18H2,1-5H3. The number of aliphatic hydroxyl groups excluding tert-OH is 1. The second-order valence-corrected chi connectivity index (χ2v) is 7.64. The molecule has 0 aromatic carbocycles. The zero-order valence-corrected chi connectivity index (χ0v) is 14.2. The number of aliphatic hydroxyl groups is 1. The molecule has 1 saturated heterocycles. The van der Waals surface area contributed by atoms with Crippen LogP contribution in [0.4, 0.5) is 4.39 Å². The molecule has 5 atom stereocenters. The zero-order valence-electron chi connectivity index (χ0n) is 14.2. The largest absolute Gasteiger partial charge is 0.456 e. The molecule has 1 aliphatic rings. The van der Waals surface area contributed by atoms with Crippen LogP contribution in [-0.4, -0.2) is 48.2 Å². The van der Waals surface area contributed by atoms with Crippen molar-refractivity contribution in [2.75, 3.05) is 6.67 Å². The lowest BCUT2D eigenvalue weighted by atomic mass is 9.81. The fourth-order valence-corrected chi connectivity index (χ4v) is 2.71. The summed E-state index contributed by atoms with van der Waals surface area (Å²) in [7, 11) is 0. The summed E-state index contributed by atoms with van der Waals surface area (Å²) in [6.45, 7) is 8.97. The number of nitrogens with two attached hydrogens (primary N) is 1. The van der Waals surface area contributed by atoms with Crippen LogP contribution >= 0.6 is 0 Å². The fourth-order valence-electron chi connectivity index (χ4n) is 2.71. The number of rotatable bonds is 5. The molecular formula is C16H30FNO4. The second-order valence-electron chi connectivity index (χ2n) is 7.64. The lowest BCUT2D eigenvalue weighted by molar-refractivity contribution is -0.219. The lowest BCUT2D eigenvalue weighted by Gasteiger charge is -2.44. The molecule has 0 bridgehead atoms. The first-order chi connectivity index (χ1) is 10.1. The van der Waals surface area contributed by atoms with Gasteiger partial charge in [-0.15, -0.1) is 0 Å². The summed E-state index contributed by atoms with van der Waals surface area (Å²) in [5.74, 6) is -0.279. The highest BCUT2D eigenvalue weighted by Gasteiger charge is 2.46. The molecular weight excluding hydrogens is 289 g/mol. The summed E-state index contributed by atoms with van der Waals surface area (Å²) < 4.78 is 24.0. The predicted molar refractivity (Wildman–Crippen MR) is 82.0 cm³/mol. The molecule has 0 aromatic rings. The second kappa shape index (κ2) is 7.70. The van der Waals surface area contributed by atoms with Crippen molar-refractivity contribution in [3.05, 3.63) is 0 Å². The van der Waals surface area contributed by atoms with E-state index in [-0.39, 0.29) is 12.3 Å². The topological polar surface area (TPSA) is 81.8 Å². The Labute approximate surface area is 132 Å². The third-order valence-electron chi connectivity index (χ3n) is 3.83. The molecule has 0 saturated carbocycles. The Balaban J connectivity index is 2.82. The van der Waals surface area contributed by atoms with Crippen LogP contribution in [0, 0.1) is 11.3 Å². The zero-order chi connectivity index (χ0) is 17.1. The quantitative estimate of drug-likeness (QED) is 0.755. The van der Waals surface area contributed by atoms with Gasteiger partial charge in [-0.25, -0.2) is 4.39 Å². The Morgan fingerprint density at radius 2 is 2.05 bits per heavy atom. The fraction of sp³-hybridized carbons (Fsp3) is 0.938. The Morgan fingerprint density at radius 1 is 1.45 bits per heavy atom. The molecule has 5 unspecified atom stereocenters. The van der Waals surface area contributed by atoms with Crippen molar-refractivity contribution in [1.29, 1.82) is 0 Å². The predicted octanol–water partition coefficient (Wildman–Crippen LogP) is 1.81. The normalized spacial score (nSPS) is 31.1. The van der Waals surface area contributed by atoms with E-state index in [0.717, 1.165) is 0 Å². The smallest absolute Gasteiger partial charge is 0.323 e. The van der Waals surface area contributed by atoms with E-state index < -0.39 is 48.5 Å². The van der Waals surface area contributed by atoms with Gasteiger partial charge in [-0.05, 0) is 17.8 Å². The average Bonchev–Trinajstić information content (AvgIpc) is 2.38. The third-order valence-corrected chi connectivity index (χ3v) is 3.83. The molecule has 1 fully saturated rings. The maximum atomic E-state index is 12.9. The molecule has 1 heterocycles. The van der Waals surface area contributed by atoms with E-state index in [9.17, 15) is 14.3 Å². The van der Waals surface area contributed by atoms with Crippen molar-refractivity contribution >= 4 is 5.97 Å². The van der Waals surface area contributed by atoms with Gasteiger partial charge in [-0.2, -0.15) is 0 Å². The molecule has 0 aromatic heterocycles. The SMILES string of the molecule is CC(C)CC(N)C(=O)OC1C(O)CC(CF)OC1C(C)(C)C. The van der Waals surface area contributed by atoms with Crippen molar-refractivity contribution in [2.45, 2.75) is 77.9 Å². The van der Waals surface area contributed by atoms with E-state index in [4.69, 9.17) is 15.2 Å². The Hall–Kier alpha value is -0.720. The first-order valence-electron chi connectivity index (χ1n) is 7.91. The number of hydrogen-bond acceptors (Lipinski definition) is 5. The molecule has 1 aliphatic heterocycles. The number of ether oxygens (including phenoxy) is 2. The van der Waals surface area contributed by atoms with Gasteiger partial charge in [0.2, 0.25) is 0 Å². The summed E-state index contributed by atoms with van der Waals surface area (Å²) in [6, 6.07) is -0.730. The van der Waals surface area contributed by atoms with Gasteiger partial charge in [0.15, 0.2) is 6.10 Å². The van der Waals surface area contributed by atoms with Crippen molar-refractivity contribution in [1.82, 2.24) is 0 Å². The summed E-state index contributed by atoms with van der Waals surface area (Å²) in [6.07, 6.45) is -2.40. The number of hydrogen-bond donors (Lipinski definition) is 2. The van der Waals surface area contributed by atoms with Gasteiger partial charge in [0.1, 0.15) is 18.8 Å². The van der Waals surface area contributed by atoms with E-state index in [1.807, 2.05) is 34.6 Å². The average molecular weight is 319 g/mol. The molecule has 0 radical (unpaired) electrons. The summed E-state index contributed by atoms with van der Waals surface area (Å²) in [5, 5.41) is 10.3. The van der Waals surface area contributed by atoms with Crippen LogP contribution in [-0.2, 0) is 14.3 Å². The molecule has 130 valence electrons. The van der Waals surface area contributed by atoms with Gasteiger partial charge in [0.25, 0.3) is 0 Å². The molecule has 0 spiro atoms. The lowest BCUT2D eigenvalue weighted by Crippen LogP contribution is -2.56. The maximum Gasteiger partial charge on any atom is 0.323 e. The summed E-state index contributed by atoms with van der Waals surface area (Å²) in [5.41, 5.74) is 5.43. The minimum absolute atomic E-state index is 0.112. The van der Waals surface area contributed by atoms with E-state index in [1.165, 1.54) is 0 Å². The number of carbonyl (C=O) groups excluding carboxylic acids is 1. The molecule has 6 heteroatoms. The van der Waals surface area contributed by atoms with Gasteiger partial charge < -0.3 is 20.3 Å². The third kappa shape index (κ3) is 5.18. The molecule has 22 heavy (non-hydrogen) atoms. The van der Waals surface area contributed by atoms with Gasteiger partial charge in [-0.1, -0.05) is 34.6 Å². The van der Waals surface area contributed by atoms with Crippen LogP contribution in [0.5, 0.6) is 0 Å². The Kier molecular flexibility index (Phi) is 6.77. The van der Waals surface area contributed by atoms with Gasteiger partial charge in [-0.3, -0.25) is 4.79 Å². The van der Waals surface area contributed by atoms with Crippen LogP contribution in [0.15, 0.2) is 0 Å². The Bertz CT molecular complexity index is 370. The monoisotopic (exact) mass is 319 g/mol. The van der Waals surface area contributed by atoms with Crippen LogP contribution < -0.4 is 5.73 Å². The number of halogens is 1. The summed E-state index contributed by atoms with van der Waals surface area (Å²) >= 11 is 0. The number of carbonyl (C=O) groups is 1. The van der Waals surface area contributed by atoms with Crippen LogP contribution in [0.2, 0.25) is 0 Å². The van der Waals surface area contributed by atoms with E-state index >= 15 is 0 Å². The van der Waals surface area contributed by atoms with E-state index in [0.29, 0.717) is 6.42 Å². The molecule has 0 aliphatic carbocycles. The minimum Gasteiger partial charge on any atom is -0.456 e. The van der Waals surface area contributed by atoms with Gasteiger partial charge in [0.05, 0.1) is 12.2 Å². The van der Waals surface area contributed by atoms with E-state index in [2.05, 4.69) is 0 Å². The van der Waals surface area contributed by atoms with Crippen LogP contribution in [0.25, 0.3) is 0 Å². The summed E-state index contributed by atoms with van der Waals surface area (Å²) in [4.78, 5) is 12.1. The number of alkyl halides is 1. The highest BCUT2D eigenvalue weighted by atomic mass is 19.1.